The lowest BCUT2D eigenvalue weighted by Crippen LogP contribution is -2.60. The van der Waals surface area contributed by atoms with Crippen LogP contribution in [-0.4, -0.2) is 37.6 Å². The summed E-state index contributed by atoms with van der Waals surface area (Å²) < 4.78 is 14.0. The number of hydrogen-bond donors (Lipinski definition) is 1. The van der Waals surface area contributed by atoms with Crippen molar-refractivity contribution in [3.8, 4) is 0 Å². The molecule has 0 heterocycles. The third-order valence-corrected chi connectivity index (χ3v) is 5.64. The average molecular weight is 357 g/mol. The highest BCUT2D eigenvalue weighted by atomic mass is 79.9. The van der Waals surface area contributed by atoms with E-state index in [0.29, 0.717) is 10.5 Å². The Kier molecular flexibility index (Phi) is 5.81. The van der Waals surface area contributed by atoms with E-state index < -0.39 is 0 Å². The molecule has 0 radical (unpaired) electrons. The van der Waals surface area contributed by atoms with E-state index in [-0.39, 0.29) is 11.4 Å². The van der Waals surface area contributed by atoms with Crippen molar-refractivity contribution in [1.82, 2.24) is 10.2 Å². The van der Waals surface area contributed by atoms with Crippen LogP contribution in [0.3, 0.4) is 0 Å². The van der Waals surface area contributed by atoms with E-state index in [1.165, 1.54) is 37.7 Å². The molecule has 1 aromatic carbocycles. The highest BCUT2D eigenvalue weighted by Gasteiger charge is 2.40. The number of nitrogens with one attached hydrogen (secondary N) is 1. The maximum Gasteiger partial charge on any atom is 0.137 e. The zero-order chi connectivity index (χ0) is 15.5. The van der Waals surface area contributed by atoms with Crippen molar-refractivity contribution in [3.05, 3.63) is 34.1 Å². The van der Waals surface area contributed by atoms with Crippen molar-refractivity contribution in [2.75, 3.05) is 21.1 Å². The van der Waals surface area contributed by atoms with Crippen LogP contribution >= 0.6 is 15.9 Å². The quantitative estimate of drug-likeness (QED) is 0.858. The van der Waals surface area contributed by atoms with Gasteiger partial charge in [0, 0.05) is 11.6 Å². The summed E-state index contributed by atoms with van der Waals surface area (Å²) in [5, 5.41) is 3.53. The van der Waals surface area contributed by atoms with E-state index in [2.05, 4.69) is 40.2 Å². The van der Waals surface area contributed by atoms with Crippen LogP contribution in [0.5, 0.6) is 0 Å². The lowest BCUT2D eigenvalue weighted by molar-refractivity contribution is 0.0598. The minimum Gasteiger partial charge on any atom is -0.315 e. The summed E-state index contributed by atoms with van der Waals surface area (Å²) in [7, 11) is 6.43. The number of likely N-dealkylation sites (N-methyl/N-ethyl adjacent to an activating group) is 2. The zero-order valence-corrected chi connectivity index (χ0v) is 14.8. The molecule has 1 aliphatic rings. The number of nitrogens with zero attached hydrogens (tertiary/aromatic N) is 1. The Morgan fingerprint density at radius 1 is 1.29 bits per heavy atom. The summed E-state index contributed by atoms with van der Waals surface area (Å²) in [5.41, 5.74) is 1.38. The molecule has 1 fully saturated rings. The molecule has 0 saturated heterocycles. The molecule has 1 N–H and O–H groups in total. The lowest BCUT2D eigenvalue weighted by atomic mass is 9.73. The second kappa shape index (κ2) is 7.21. The SMILES string of the molecule is CNC(Cc1ccc(F)c(Br)c1)C1(N(C)C)CCCCC1. The Morgan fingerprint density at radius 2 is 1.95 bits per heavy atom. The fourth-order valence-corrected chi connectivity index (χ4v) is 4.16. The second-order valence-corrected chi connectivity index (χ2v) is 7.21. The van der Waals surface area contributed by atoms with Crippen LogP contribution < -0.4 is 5.32 Å². The van der Waals surface area contributed by atoms with Gasteiger partial charge in [-0.05, 0) is 74.0 Å². The van der Waals surface area contributed by atoms with Crippen LogP contribution in [0.15, 0.2) is 22.7 Å². The van der Waals surface area contributed by atoms with Gasteiger partial charge >= 0.3 is 0 Å². The molecular formula is C17H26BrFN2. The third kappa shape index (κ3) is 3.66. The standard InChI is InChI=1S/C17H26BrFN2/c1-20-16(12-13-7-8-15(19)14(18)11-13)17(21(2)3)9-5-4-6-10-17/h7-8,11,16,20H,4-6,9-10,12H2,1-3H3. The molecule has 1 aliphatic carbocycles. The fraction of sp³-hybridized carbons (Fsp3) is 0.647. The molecule has 118 valence electrons. The van der Waals surface area contributed by atoms with Crippen molar-refractivity contribution in [1.29, 1.82) is 0 Å². The predicted molar refractivity (Wildman–Crippen MR) is 90.2 cm³/mol. The largest absolute Gasteiger partial charge is 0.315 e. The summed E-state index contributed by atoms with van der Waals surface area (Å²) in [5.74, 6) is -0.195. The summed E-state index contributed by atoms with van der Waals surface area (Å²) in [6.07, 6.45) is 7.32. The van der Waals surface area contributed by atoms with E-state index in [0.717, 1.165) is 6.42 Å². The van der Waals surface area contributed by atoms with Gasteiger partial charge in [0.2, 0.25) is 0 Å². The van der Waals surface area contributed by atoms with E-state index in [1.807, 2.05) is 19.2 Å². The summed E-state index contributed by atoms with van der Waals surface area (Å²) in [6.45, 7) is 0. The minimum absolute atomic E-state index is 0.195. The fourth-order valence-electron chi connectivity index (χ4n) is 3.73. The van der Waals surface area contributed by atoms with Crippen LogP contribution in [0.4, 0.5) is 4.39 Å². The van der Waals surface area contributed by atoms with Gasteiger partial charge in [-0.25, -0.2) is 4.39 Å². The molecule has 21 heavy (non-hydrogen) atoms. The highest BCUT2D eigenvalue weighted by Crippen LogP contribution is 2.36. The molecule has 0 bridgehead atoms. The van der Waals surface area contributed by atoms with E-state index >= 15 is 0 Å². The Morgan fingerprint density at radius 3 is 2.48 bits per heavy atom. The third-order valence-electron chi connectivity index (χ3n) is 5.03. The molecule has 0 amide bonds. The molecule has 2 nitrogen and oxygen atoms in total. The summed E-state index contributed by atoms with van der Waals surface area (Å²) in [4.78, 5) is 2.39. The first-order valence-electron chi connectivity index (χ1n) is 7.78. The van der Waals surface area contributed by atoms with Crippen molar-refractivity contribution >= 4 is 15.9 Å². The van der Waals surface area contributed by atoms with Gasteiger partial charge in [-0.15, -0.1) is 0 Å². The summed E-state index contributed by atoms with van der Waals surface area (Å²) in [6, 6.07) is 5.74. The molecular weight excluding hydrogens is 331 g/mol. The molecule has 4 heteroatoms. The van der Waals surface area contributed by atoms with Crippen molar-refractivity contribution < 1.29 is 4.39 Å². The van der Waals surface area contributed by atoms with Crippen LogP contribution in [0.25, 0.3) is 0 Å². The topological polar surface area (TPSA) is 15.3 Å². The van der Waals surface area contributed by atoms with Crippen molar-refractivity contribution in [3.63, 3.8) is 0 Å². The van der Waals surface area contributed by atoms with Crippen molar-refractivity contribution in [2.24, 2.45) is 0 Å². The second-order valence-electron chi connectivity index (χ2n) is 6.35. The molecule has 1 unspecified atom stereocenters. The van der Waals surface area contributed by atoms with E-state index in [1.54, 1.807) is 6.07 Å². The number of halogens is 2. The first-order valence-corrected chi connectivity index (χ1v) is 8.57. The van der Waals surface area contributed by atoms with Crippen LogP contribution in [0.2, 0.25) is 0 Å². The van der Waals surface area contributed by atoms with Crippen molar-refractivity contribution in [2.45, 2.75) is 50.1 Å². The molecule has 0 spiro atoms. The van der Waals surface area contributed by atoms with Gasteiger partial charge < -0.3 is 10.2 Å². The minimum atomic E-state index is -0.195. The molecule has 2 rings (SSSR count). The molecule has 1 saturated carbocycles. The maximum absolute atomic E-state index is 13.4. The van der Waals surface area contributed by atoms with Crippen LogP contribution in [0, 0.1) is 5.82 Å². The van der Waals surface area contributed by atoms with Gasteiger partial charge in [0.1, 0.15) is 5.82 Å². The molecule has 1 atom stereocenters. The zero-order valence-electron chi connectivity index (χ0n) is 13.3. The smallest absolute Gasteiger partial charge is 0.137 e. The Bertz CT molecular complexity index is 470. The first kappa shape index (κ1) is 16.9. The number of hydrogen-bond acceptors (Lipinski definition) is 2. The lowest BCUT2D eigenvalue weighted by Gasteiger charge is -2.48. The van der Waals surface area contributed by atoms with Gasteiger partial charge in [-0.1, -0.05) is 25.3 Å². The predicted octanol–water partition coefficient (Wildman–Crippen LogP) is 3.98. The van der Waals surface area contributed by atoms with Gasteiger partial charge in [-0.2, -0.15) is 0 Å². The normalized spacial score (nSPS) is 19.7. The highest BCUT2D eigenvalue weighted by molar-refractivity contribution is 9.10. The molecule has 1 aromatic rings. The first-order chi connectivity index (χ1) is 9.99. The Balaban J connectivity index is 2.22. The van der Waals surface area contributed by atoms with Crippen LogP contribution in [-0.2, 0) is 6.42 Å². The Labute approximate surface area is 136 Å². The number of benzene rings is 1. The summed E-state index contributed by atoms with van der Waals surface area (Å²) >= 11 is 3.29. The van der Waals surface area contributed by atoms with Gasteiger partial charge in [0.05, 0.1) is 4.47 Å². The van der Waals surface area contributed by atoms with Gasteiger partial charge in [0.25, 0.3) is 0 Å². The molecule has 0 aliphatic heterocycles. The van der Waals surface area contributed by atoms with Crippen LogP contribution in [0.1, 0.15) is 37.7 Å². The maximum atomic E-state index is 13.4. The average Bonchev–Trinajstić information content (AvgIpc) is 2.49. The Hall–Kier alpha value is -0.450. The van der Waals surface area contributed by atoms with Gasteiger partial charge in [0.15, 0.2) is 0 Å². The van der Waals surface area contributed by atoms with E-state index in [9.17, 15) is 4.39 Å². The van der Waals surface area contributed by atoms with E-state index in [4.69, 9.17) is 0 Å². The monoisotopic (exact) mass is 356 g/mol. The number of rotatable bonds is 5. The van der Waals surface area contributed by atoms with Gasteiger partial charge in [-0.3, -0.25) is 0 Å². The molecule has 0 aromatic heterocycles.